The van der Waals surface area contributed by atoms with E-state index in [9.17, 15) is 19.8 Å². The van der Waals surface area contributed by atoms with Crippen molar-refractivity contribution in [1.82, 2.24) is 5.32 Å². The molecule has 8 heteroatoms. The molecule has 0 unspecified atom stereocenters. The second-order valence-electron chi connectivity index (χ2n) is 7.47. The lowest BCUT2D eigenvalue weighted by molar-refractivity contribution is -0.139. The van der Waals surface area contributed by atoms with Crippen molar-refractivity contribution in [3.05, 3.63) is 84.5 Å². The fourth-order valence-corrected chi connectivity index (χ4v) is 5.85. The second kappa shape index (κ2) is 9.65. The number of hydrogen-bond acceptors (Lipinski definition) is 4. The first-order valence-corrected chi connectivity index (χ1v) is 12.0. The van der Waals surface area contributed by atoms with Gasteiger partial charge in [-0.25, -0.2) is 9.59 Å². The van der Waals surface area contributed by atoms with Crippen molar-refractivity contribution in [2.45, 2.75) is 18.4 Å². The van der Waals surface area contributed by atoms with Gasteiger partial charge in [-0.3, -0.25) is 0 Å². The largest absolute Gasteiger partial charge is 0.506 e. The summed E-state index contributed by atoms with van der Waals surface area (Å²) in [5.74, 6) is -1.10. The number of phenols is 1. The summed E-state index contributed by atoms with van der Waals surface area (Å²) in [7, 11) is 0. The van der Waals surface area contributed by atoms with Gasteiger partial charge in [0.05, 0.1) is 7.14 Å². The van der Waals surface area contributed by atoms with Gasteiger partial charge in [-0.2, -0.15) is 0 Å². The van der Waals surface area contributed by atoms with E-state index in [1.165, 1.54) is 0 Å². The van der Waals surface area contributed by atoms with Crippen LogP contribution in [0.3, 0.4) is 0 Å². The Morgan fingerprint density at radius 1 is 0.969 bits per heavy atom. The average Bonchev–Trinajstić information content (AvgIpc) is 3.09. The molecular formula is C24H19I2NO5. The van der Waals surface area contributed by atoms with Gasteiger partial charge in [0.1, 0.15) is 18.4 Å². The van der Waals surface area contributed by atoms with Gasteiger partial charge in [0.15, 0.2) is 0 Å². The van der Waals surface area contributed by atoms with Crippen LogP contribution in [-0.2, 0) is 16.0 Å². The van der Waals surface area contributed by atoms with Crippen LogP contribution < -0.4 is 5.32 Å². The SMILES string of the molecule is O=C(N[C@H](Cc1cc(I)c(O)c(I)c1)C(=O)O)OCC1c2ccccc2-c2ccccc21. The molecule has 164 valence electrons. The predicted octanol–water partition coefficient (Wildman–Crippen LogP) is 5.14. The molecule has 0 aromatic heterocycles. The molecule has 1 amide bonds. The second-order valence-corrected chi connectivity index (χ2v) is 9.80. The molecule has 0 saturated heterocycles. The zero-order valence-electron chi connectivity index (χ0n) is 16.7. The molecule has 0 radical (unpaired) electrons. The maximum absolute atomic E-state index is 12.5. The van der Waals surface area contributed by atoms with E-state index in [0.717, 1.165) is 22.3 Å². The van der Waals surface area contributed by atoms with Crippen LogP contribution in [0.5, 0.6) is 5.75 Å². The van der Waals surface area contributed by atoms with Gasteiger partial charge in [-0.05, 0) is 85.1 Å². The van der Waals surface area contributed by atoms with Crippen molar-refractivity contribution in [1.29, 1.82) is 0 Å². The van der Waals surface area contributed by atoms with Crippen LogP contribution in [-0.4, -0.2) is 34.9 Å². The third-order valence-corrected chi connectivity index (χ3v) is 7.09. The number of fused-ring (bicyclic) bond motifs is 3. The van der Waals surface area contributed by atoms with Crippen molar-refractivity contribution in [3.63, 3.8) is 0 Å². The highest BCUT2D eigenvalue weighted by Crippen LogP contribution is 2.44. The van der Waals surface area contributed by atoms with Gasteiger partial charge in [-0.1, -0.05) is 48.5 Å². The summed E-state index contributed by atoms with van der Waals surface area (Å²) in [5.41, 5.74) is 5.12. The summed E-state index contributed by atoms with van der Waals surface area (Å²) in [4.78, 5) is 24.2. The molecule has 0 bridgehead atoms. The molecule has 0 fully saturated rings. The highest BCUT2D eigenvalue weighted by molar-refractivity contribution is 14.1. The normalized spacial score (nSPS) is 13.2. The first kappa shape index (κ1) is 22.8. The maximum atomic E-state index is 12.5. The van der Waals surface area contributed by atoms with Gasteiger partial charge in [0.25, 0.3) is 0 Å². The maximum Gasteiger partial charge on any atom is 0.407 e. The lowest BCUT2D eigenvalue weighted by Crippen LogP contribution is -2.43. The average molecular weight is 655 g/mol. The quantitative estimate of drug-likeness (QED) is 0.320. The Kier molecular flexibility index (Phi) is 6.89. The van der Waals surface area contributed by atoms with Crippen LogP contribution in [0.1, 0.15) is 22.6 Å². The fourth-order valence-electron chi connectivity index (χ4n) is 3.95. The number of aromatic hydroxyl groups is 1. The number of benzene rings is 3. The summed E-state index contributed by atoms with van der Waals surface area (Å²) < 4.78 is 6.71. The summed E-state index contributed by atoms with van der Waals surface area (Å²) in [5, 5.41) is 22.0. The molecule has 1 atom stereocenters. The van der Waals surface area contributed by atoms with Crippen molar-refractivity contribution < 1.29 is 24.5 Å². The molecule has 0 heterocycles. The molecule has 1 aliphatic rings. The first-order valence-electron chi connectivity index (χ1n) is 9.86. The van der Waals surface area contributed by atoms with Gasteiger partial charge >= 0.3 is 12.1 Å². The third kappa shape index (κ3) is 4.70. The number of halogens is 2. The van der Waals surface area contributed by atoms with Gasteiger partial charge in [0, 0.05) is 12.3 Å². The van der Waals surface area contributed by atoms with Crippen molar-refractivity contribution in [2.24, 2.45) is 0 Å². The Morgan fingerprint density at radius 3 is 2.03 bits per heavy atom. The third-order valence-electron chi connectivity index (χ3n) is 5.45. The molecule has 4 rings (SSSR count). The molecule has 3 aromatic rings. The number of hydrogen-bond donors (Lipinski definition) is 3. The van der Waals surface area contributed by atoms with Crippen molar-refractivity contribution >= 4 is 57.2 Å². The number of phenolic OH excluding ortho intramolecular Hbond substituents is 1. The van der Waals surface area contributed by atoms with Crippen LogP contribution in [0.25, 0.3) is 11.1 Å². The molecule has 0 saturated carbocycles. The van der Waals surface area contributed by atoms with Crippen LogP contribution in [0.15, 0.2) is 60.7 Å². The van der Waals surface area contributed by atoms with Crippen LogP contribution in [0.2, 0.25) is 0 Å². The topological polar surface area (TPSA) is 95.9 Å². The summed E-state index contributed by atoms with van der Waals surface area (Å²) >= 11 is 3.97. The first-order chi connectivity index (χ1) is 15.3. The van der Waals surface area contributed by atoms with E-state index >= 15 is 0 Å². The highest BCUT2D eigenvalue weighted by atomic mass is 127. The number of carboxylic acids is 1. The van der Waals surface area contributed by atoms with Crippen LogP contribution >= 0.6 is 45.2 Å². The number of carbonyl (C=O) groups is 2. The number of carbonyl (C=O) groups excluding carboxylic acids is 1. The molecule has 3 aromatic carbocycles. The van der Waals surface area contributed by atoms with E-state index < -0.39 is 18.1 Å². The lowest BCUT2D eigenvalue weighted by Gasteiger charge is -2.18. The lowest BCUT2D eigenvalue weighted by atomic mass is 9.98. The molecular weight excluding hydrogens is 636 g/mol. The monoisotopic (exact) mass is 655 g/mol. The minimum absolute atomic E-state index is 0.0752. The van der Waals surface area contributed by atoms with Crippen molar-refractivity contribution in [2.75, 3.05) is 6.61 Å². The Hall–Kier alpha value is -2.34. The highest BCUT2D eigenvalue weighted by Gasteiger charge is 2.30. The molecule has 6 nitrogen and oxygen atoms in total. The van der Waals surface area contributed by atoms with E-state index in [1.807, 2.05) is 81.6 Å². The Morgan fingerprint density at radius 2 is 1.50 bits per heavy atom. The minimum atomic E-state index is -1.16. The molecule has 1 aliphatic carbocycles. The number of amides is 1. The van der Waals surface area contributed by atoms with Gasteiger partial charge < -0.3 is 20.3 Å². The van der Waals surface area contributed by atoms with Gasteiger partial charge in [-0.15, -0.1) is 0 Å². The minimum Gasteiger partial charge on any atom is -0.506 e. The number of alkyl carbamates (subject to hydrolysis) is 1. The smallest absolute Gasteiger partial charge is 0.407 e. The molecule has 0 spiro atoms. The Balaban J connectivity index is 1.44. The van der Waals surface area contributed by atoms with Crippen LogP contribution in [0.4, 0.5) is 4.79 Å². The van der Waals surface area contributed by atoms with E-state index in [4.69, 9.17) is 4.74 Å². The summed E-state index contributed by atoms with van der Waals surface area (Å²) in [6.07, 6.45) is -0.700. The standard InChI is InChI=1S/C24H19I2NO5/c25-19-9-13(10-20(26)22(19)28)11-21(23(29)30)27-24(31)32-12-18-16-7-3-1-5-14(16)15-6-2-4-8-17(15)18/h1-10,18,21,28H,11-12H2,(H,27,31)(H,29,30)/t21-/m1/s1. The number of carboxylic acid groups (broad SMARTS) is 1. The summed E-state index contributed by atoms with van der Waals surface area (Å²) in [6, 6.07) is 18.3. The number of rotatable bonds is 6. The molecule has 32 heavy (non-hydrogen) atoms. The number of nitrogens with one attached hydrogen (secondary N) is 1. The van der Waals surface area contributed by atoms with E-state index in [-0.39, 0.29) is 24.7 Å². The molecule has 3 N–H and O–H groups in total. The zero-order valence-corrected chi connectivity index (χ0v) is 21.0. The Labute approximate surface area is 212 Å². The van der Waals surface area contributed by atoms with Crippen molar-refractivity contribution in [3.8, 4) is 16.9 Å². The van der Waals surface area contributed by atoms with E-state index in [1.54, 1.807) is 12.1 Å². The fraction of sp³-hybridized carbons (Fsp3) is 0.167. The van der Waals surface area contributed by atoms with Gasteiger partial charge in [0.2, 0.25) is 0 Å². The number of ether oxygens (including phenoxy) is 1. The van der Waals surface area contributed by atoms with E-state index in [2.05, 4.69) is 17.4 Å². The van der Waals surface area contributed by atoms with Crippen LogP contribution in [0, 0.1) is 7.14 Å². The van der Waals surface area contributed by atoms with E-state index in [0.29, 0.717) is 12.7 Å². The predicted molar refractivity (Wildman–Crippen MR) is 137 cm³/mol. The Bertz CT molecular complexity index is 1130. The molecule has 0 aliphatic heterocycles. The zero-order chi connectivity index (χ0) is 22.8. The summed E-state index contributed by atoms with van der Waals surface area (Å²) in [6.45, 7) is 0.112. The number of aliphatic carboxylic acids is 1.